The summed E-state index contributed by atoms with van der Waals surface area (Å²) >= 11 is 6.20. The molecule has 0 spiro atoms. The number of aryl methyl sites for hydroxylation is 2. The molecule has 1 heterocycles. The fourth-order valence-corrected chi connectivity index (χ4v) is 3.78. The van der Waals surface area contributed by atoms with E-state index in [9.17, 15) is 14.3 Å². The Morgan fingerprint density at radius 2 is 1.83 bits per heavy atom. The third-order valence-electron chi connectivity index (χ3n) is 5.46. The number of likely N-dealkylation sites (tertiary alicyclic amines) is 1. The highest BCUT2D eigenvalue weighted by molar-refractivity contribution is 6.32. The summed E-state index contributed by atoms with van der Waals surface area (Å²) in [6.07, 6.45) is 1.96. The molecule has 2 aromatic carbocycles. The standard InChI is InChI=1S/C23H27ClFNO3/c1-16-12-20(13-17(2)22(16)24)29-15-23(28)8-3-10-26(11-9-23)21(27)14-18-4-6-19(25)7-5-18/h4-7,12-13,28H,3,8-11,14-15H2,1-2H3. The van der Waals surface area contributed by atoms with Crippen LogP contribution in [0, 0.1) is 19.7 Å². The molecule has 1 N–H and O–H groups in total. The SMILES string of the molecule is Cc1cc(OCC2(O)CCCN(C(=O)Cc3ccc(F)cc3)CC2)cc(C)c1Cl. The van der Waals surface area contributed by atoms with Crippen LogP contribution in [-0.2, 0) is 11.2 Å². The van der Waals surface area contributed by atoms with Crippen molar-refractivity contribution in [3.63, 3.8) is 0 Å². The Bertz CT molecular complexity index is 848. The molecule has 0 saturated carbocycles. The predicted molar refractivity (Wildman–Crippen MR) is 112 cm³/mol. The van der Waals surface area contributed by atoms with Crippen LogP contribution in [0.4, 0.5) is 4.39 Å². The summed E-state index contributed by atoms with van der Waals surface area (Å²) in [5, 5.41) is 11.7. The van der Waals surface area contributed by atoms with Gasteiger partial charge in [0.05, 0.1) is 6.42 Å². The van der Waals surface area contributed by atoms with Gasteiger partial charge < -0.3 is 14.7 Å². The van der Waals surface area contributed by atoms with E-state index in [1.165, 1.54) is 12.1 Å². The first-order valence-electron chi connectivity index (χ1n) is 9.90. The number of hydrogen-bond donors (Lipinski definition) is 1. The number of ether oxygens (including phenoxy) is 1. The summed E-state index contributed by atoms with van der Waals surface area (Å²) in [7, 11) is 0. The zero-order chi connectivity index (χ0) is 21.0. The summed E-state index contributed by atoms with van der Waals surface area (Å²) < 4.78 is 18.9. The lowest BCUT2D eigenvalue weighted by molar-refractivity contribution is -0.130. The molecule has 1 atom stereocenters. The normalized spacial score (nSPS) is 19.7. The molecule has 156 valence electrons. The highest BCUT2D eigenvalue weighted by atomic mass is 35.5. The molecule has 1 unspecified atom stereocenters. The van der Waals surface area contributed by atoms with E-state index in [1.807, 2.05) is 26.0 Å². The van der Waals surface area contributed by atoms with Crippen LogP contribution in [0.3, 0.4) is 0 Å². The van der Waals surface area contributed by atoms with Crippen molar-refractivity contribution in [2.75, 3.05) is 19.7 Å². The Balaban J connectivity index is 1.56. The van der Waals surface area contributed by atoms with E-state index >= 15 is 0 Å². The van der Waals surface area contributed by atoms with Gasteiger partial charge in [-0.05, 0) is 74.1 Å². The van der Waals surface area contributed by atoms with E-state index in [1.54, 1.807) is 17.0 Å². The van der Waals surface area contributed by atoms with Gasteiger partial charge in [-0.1, -0.05) is 23.7 Å². The van der Waals surface area contributed by atoms with Crippen LogP contribution >= 0.6 is 11.6 Å². The first kappa shape index (κ1) is 21.6. The van der Waals surface area contributed by atoms with E-state index in [-0.39, 0.29) is 24.8 Å². The van der Waals surface area contributed by atoms with Crippen molar-refractivity contribution in [1.29, 1.82) is 0 Å². The third-order valence-corrected chi connectivity index (χ3v) is 6.05. The first-order chi connectivity index (χ1) is 13.8. The van der Waals surface area contributed by atoms with Gasteiger partial charge in [0, 0.05) is 18.1 Å². The lowest BCUT2D eigenvalue weighted by Gasteiger charge is -2.27. The number of rotatable bonds is 5. The molecular weight excluding hydrogens is 393 g/mol. The number of carbonyl (C=O) groups excluding carboxylic acids is 1. The molecule has 2 aromatic rings. The van der Waals surface area contributed by atoms with E-state index in [2.05, 4.69) is 0 Å². The van der Waals surface area contributed by atoms with Gasteiger partial charge in [0.15, 0.2) is 0 Å². The van der Waals surface area contributed by atoms with Crippen molar-refractivity contribution in [2.45, 2.75) is 45.1 Å². The predicted octanol–water partition coefficient (Wildman–Crippen LogP) is 4.46. The molecule has 1 saturated heterocycles. The Morgan fingerprint density at radius 1 is 1.17 bits per heavy atom. The van der Waals surface area contributed by atoms with E-state index in [4.69, 9.17) is 16.3 Å². The molecule has 1 aliphatic rings. The van der Waals surface area contributed by atoms with Crippen molar-refractivity contribution >= 4 is 17.5 Å². The summed E-state index contributed by atoms with van der Waals surface area (Å²) in [5.41, 5.74) is 1.68. The van der Waals surface area contributed by atoms with E-state index in [0.29, 0.717) is 38.1 Å². The maximum absolute atomic E-state index is 13.0. The topological polar surface area (TPSA) is 49.8 Å². The molecule has 3 rings (SSSR count). The summed E-state index contributed by atoms with van der Waals surface area (Å²) in [6, 6.07) is 9.72. The lowest BCUT2D eigenvalue weighted by atomic mass is 9.96. The van der Waals surface area contributed by atoms with Crippen LogP contribution in [0.15, 0.2) is 36.4 Å². The number of carbonyl (C=O) groups is 1. The highest BCUT2D eigenvalue weighted by Crippen LogP contribution is 2.28. The molecule has 29 heavy (non-hydrogen) atoms. The van der Waals surface area contributed by atoms with Gasteiger partial charge in [0.25, 0.3) is 0 Å². The van der Waals surface area contributed by atoms with Crippen molar-refractivity contribution in [1.82, 2.24) is 4.90 Å². The molecule has 6 heteroatoms. The molecule has 1 amide bonds. The minimum Gasteiger partial charge on any atom is -0.491 e. The summed E-state index contributed by atoms with van der Waals surface area (Å²) in [6.45, 7) is 5.09. The largest absolute Gasteiger partial charge is 0.491 e. The number of hydrogen-bond acceptors (Lipinski definition) is 3. The quantitative estimate of drug-likeness (QED) is 0.778. The second-order valence-electron chi connectivity index (χ2n) is 7.92. The van der Waals surface area contributed by atoms with Crippen LogP contribution < -0.4 is 4.74 Å². The maximum atomic E-state index is 13.0. The van der Waals surface area contributed by atoms with Crippen LogP contribution in [0.5, 0.6) is 5.75 Å². The Morgan fingerprint density at radius 3 is 2.48 bits per heavy atom. The van der Waals surface area contributed by atoms with Crippen molar-refractivity contribution in [3.8, 4) is 5.75 Å². The second kappa shape index (κ2) is 9.14. The van der Waals surface area contributed by atoms with Crippen LogP contribution in [0.2, 0.25) is 5.02 Å². The number of aliphatic hydroxyl groups is 1. The van der Waals surface area contributed by atoms with Crippen molar-refractivity contribution in [3.05, 3.63) is 63.9 Å². The Kier molecular flexibility index (Phi) is 6.81. The molecular formula is C23H27ClFNO3. The summed E-state index contributed by atoms with van der Waals surface area (Å²) in [5.74, 6) is 0.365. The first-order valence-corrected chi connectivity index (χ1v) is 10.3. The van der Waals surface area contributed by atoms with Gasteiger partial charge in [0.1, 0.15) is 23.8 Å². The van der Waals surface area contributed by atoms with Gasteiger partial charge in [-0.15, -0.1) is 0 Å². The monoisotopic (exact) mass is 419 g/mol. The molecule has 1 fully saturated rings. The molecule has 4 nitrogen and oxygen atoms in total. The van der Waals surface area contributed by atoms with E-state index < -0.39 is 5.60 Å². The average molecular weight is 420 g/mol. The minimum absolute atomic E-state index is 0.00859. The molecule has 0 aromatic heterocycles. The fourth-order valence-electron chi connectivity index (χ4n) is 3.67. The zero-order valence-corrected chi connectivity index (χ0v) is 17.6. The van der Waals surface area contributed by atoms with Gasteiger partial charge in [-0.3, -0.25) is 4.79 Å². The second-order valence-corrected chi connectivity index (χ2v) is 8.30. The van der Waals surface area contributed by atoms with Crippen molar-refractivity contribution in [2.24, 2.45) is 0 Å². The number of benzene rings is 2. The smallest absolute Gasteiger partial charge is 0.226 e. The minimum atomic E-state index is -0.980. The third kappa shape index (κ3) is 5.71. The van der Waals surface area contributed by atoms with Gasteiger partial charge in [-0.25, -0.2) is 4.39 Å². The lowest BCUT2D eigenvalue weighted by Crippen LogP contribution is -2.38. The molecule has 1 aliphatic heterocycles. The number of halogens is 2. The number of amides is 1. The maximum Gasteiger partial charge on any atom is 0.226 e. The summed E-state index contributed by atoms with van der Waals surface area (Å²) in [4.78, 5) is 14.4. The van der Waals surface area contributed by atoms with Gasteiger partial charge >= 0.3 is 0 Å². The van der Waals surface area contributed by atoms with Crippen molar-refractivity contribution < 1.29 is 19.0 Å². The molecule has 0 bridgehead atoms. The van der Waals surface area contributed by atoms with E-state index in [0.717, 1.165) is 21.7 Å². The average Bonchev–Trinajstić information content (AvgIpc) is 2.88. The van der Waals surface area contributed by atoms with Gasteiger partial charge in [-0.2, -0.15) is 0 Å². The zero-order valence-electron chi connectivity index (χ0n) is 16.9. The van der Waals surface area contributed by atoms with Crippen LogP contribution in [-0.4, -0.2) is 41.2 Å². The van der Waals surface area contributed by atoms with Crippen LogP contribution in [0.25, 0.3) is 0 Å². The highest BCUT2D eigenvalue weighted by Gasteiger charge is 2.32. The molecule has 0 radical (unpaired) electrons. The van der Waals surface area contributed by atoms with Gasteiger partial charge in [0.2, 0.25) is 5.91 Å². The Labute approximate surface area is 176 Å². The fraction of sp³-hybridized carbons (Fsp3) is 0.435. The van der Waals surface area contributed by atoms with Crippen LogP contribution in [0.1, 0.15) is 36.0 Å². The molecule has 0 aliphatic carbocycles. The number of nitrogens with zero attached hydrogens (tertiary/aromatic N) is 1. The Hall–Kier alpha value is -2.11.